The maximum absolute atomic E-state index is 13.8. The van der Waals surface area contributed by atoms with E-state index in [1.165, 1.54) is 12.1 Å². The summed E-state index contributed by atoms with van der Waals surface area (Å²) in [6.45, 7) is 5.35. The van der Waals surface area contributed by atoms with Gasteiger partial charge in [0.25, 0.3) is 0 Å². The van der Waals surface area contributed by atoms with Crippen LogP contribution in [0.1, 0.15) is 46.7 Å². The molecular weight excluding hydrogens is 471 g/mol. The van der Waals surface area contributed by atoms with Crippen molar-refractivity contribution in [3.8, 4) is 5.69 Å². The van der Waals surface area contributed by atoms with Gasteiger partial charge in [0, 0.05) is 24.1 Å². The first-order valence-electron chi connectivity index (χ1n) is 11.6. The molecule has 1 N–H and O–H groups in total. The lowest BCUT2D eigenvalue weighted by Gasteiger charge is -2.28. The molecule has 35 heavy (non-hydrogen) atoms. The Kier molecular flexibility index (Phi) is 7.19. The Morgan fingerprint density at radius 2 is 1.80 bits per heavy atom. The van der Waals surface area contributed by atoms with Crippen LogP contribution < -0.4 is 5.32 Å². The van der Waals surface area contributed by atoms with Crippen LogP contribution in [-0.4, -0.2) is 51.6 Å². The highest BCUT2D eigenvalue weighted by atomic mass is 32.1. The molecular formula is C26H30F3N5S. The normalized spacial score (nSPS) is 18.4. The van der Waals surface area contributed by atoms with Crippen LogP contribution in [-0.2, 0) is 6.18 Å². The predicted molar refractivity (Wildman–Crippen MR) is 136 cm³/mol. The molecule has 1 aliphatic rings. The molecule has 2 atom stereocenters. The van der Waals surface area contributed by atoms with Crippen molar-refractivity contribution in [2.24, 2.45) is 0 Å². The fraction of sp³-hybridized carbons (Fsp3) is 0.385. The van der Waals surface area contributed by atoms with Crippen LogP contribution >= 0.6 is 12.2 Å². The van der Waals surface area contributed by atoms with Gasteiger partial charge in [-0.05, 0) is 89.0 Å². The molecule has 0 amide bonds. The summed E-state index contributed by atoms with van der Waals surface area (Å²) in [5.41, 5.74) is 2.75. The lowest BCUT2D eigenvalue weighted by atomic mass is 9.96. The van der Waals surface area contributed by atoms with E-state index in [-0.39, 0.29) is 17.8 Å². The summed E-state index contributed by atoms with van der Waals surface area (Å²) in [5, 5.41) is 4.06. The third-order valence-electron chi connectivity index (χ3n) is 6.44. The SMILES string of the molecule is Cc1cc(C2C(c3ccccn3)NC(=S)N2CCCN(C)C)c(C)n1-c1ccccc1C(F)(F)F. The van der Waals surface area contributed by atoms with Crippen LogP contribution in [0, 0.1) is 13.8 Å². The Morgan fingerprint density at radius 1 is 1.09 bits per heavy atom. The van der Waals surface area contributed by atoms with Gasteiger partial charge in [-0.1, -0.05) is 18.2 Å². The Labute approximate surface area is 209 Å². The molecule has 5 nitrogen and oxygen atoms in total. The largest absolute Gasteiger partial charge is 0.418 e. The first-order valence-corrected chi connectivity index (χ1v) is 12.0. The summed E-state index contributed by atoms with van der Waals surface area (Å²) >= 11 is 5.74. The molecule has 3 aromatic rings. The molecule has 3 heterocycles. The molecule has 2 unspecified atom stereocenters. The first kappa shape index (κ1) is 25.2. The van der Waals surface area contributed by atoms with Gasteiger partial charge in [-0.2, -0.15) is 13.2 Å². The van der Waals surface area contributed by atoms with Gasteiger partial charge >= 0.3 is 6.18 Å². The highest BCUT2D eigenvalue weighted by Crippen LogP contribution is 2.42. The minimum absolute atomic E-state index is 0.128. The molecule has 1 aliphatic heterocycles. The molecule has 186 valence electrons. The average Bonchev–Trinajstić information content (AvgIpc) is 3.28. The zero-order valence-corrected chi connectivity index (χ0v) is 21.1. The monoisotopic (exact) mass is 501 g/mol. The van der Waals surface area contributed by atoms with E-state index in [1.54, 1.807) is 16.8 Å². The average molecular weight is 502 g/mol. The van der Waals surface area contributed by atoms with Crippen LogP contribution in [0.25, 0.3) is 5.69 Å². The lowest BCUT2D eigenvalue weighted by Crippen LogP contribution is -2.32. The Bertz CT molecular complexity index is 1190. The van der Waals surface area contributed by atoms with E-state index in [0.717, 1.165) is 48.2 Å². The standard InChI is InChI=1S/C26H30F3N5S/c1-17-16-19(18(2)34(17)22-12-6-5-10-20(22)26(27,28)29)24-23(21-11-7-8-13-30-21)31-25(35)33(24)15-9-14-32(3)4/h5-8,10-13,16,23-24H,9,14-15H2,1-4H3,(H,31,35). The number of aryl methyl sites for hydroxylation is 1. The van der Waals surface area contributed by atoms with Crippen molar-refractivity contribution in [3.05, 3.63) is 82.9 Å². The highest BCUT2D eigenvalue weighted by Gasteiger charge is 2.41. The summed E-state index contributed by atoms with van der Waals surface area (Å²) in [5.74, 6) is 0. The second-order valence-corrected chi connectivity index (χ2v) is 9.54. The van der Waals surface area contributed by atoms with E-state index in [4.69, 9.17) is 12.2 Å². The Balaban J connectivity index is 1.82. The molecule has 0 spiro atoms. The minimum Gasteiger partial charge on any atom is -0.352 e. The Morgan fingerprint density at radius 3 is 2.46 bits per heavy atom. The number of hydrogen-bond donors (Lipinski definition) is 1. The molecule has 1 aromatic carbocycles. The van der Waals surface area contributed by atoms with E-state index >= 15 is 0 Å². The van der Waals surface area contributed by atoms with E-state index in [1.807, 2.05) is 52.2 Å². The molecule has 9 heteroatoms. The molecule has 4 rings (SSSR count). The number of aromatic nitrogens is 2. The van der Waals surface area contributed by atoms with Gasteiger partial charge in [0.15, 0.2) is 5.11 Å². The van der Waals surface area contributed by atoms with Crippen molar-refractivity contribution in [3.63, 3.8) is 0 Å². The van der Waals surface area contributed by atoms with Gasteiger partial charge in [0.05, 0.1) is 29.0 Å². The van der Waals surface area contributed by atoms with Crippen LogP contribution in [0.4, 0.5) is 13.2 Å². The third kappa shape index (κ3) is 5.06. The van der Waals surface area contributed by atoms with Crippen molar-refractivity contribution in [1.29, 1.82) is 0 Å². The fourth-order valence-corrected chi connectivity index (χ4v) is 5.24. The Hall–Kier alpha value is -2.91. The van der Waals surface area contributed by atoms with Gasteiger partial charge < -0.3 is 19.7 Å². The number of rotatable bonds is 7. The summed E-state index contributed by atoms with van der Waals surface area (Å²) in [6, 6.07) is 13.0. The maximum atomic E-state index is 13.8. The topological polar surface area (TPSA) is 36.3 Å². The van der Waals surface area contributed by atoms with Gasteiger partial charge in [0.2, 0.25) is 0 Å². The van der Waals surface area contributed by atoms with Crippen LogP contribution in [0.2, 0.25) is 0 Å². The van der Waals surface area contributed by atoms with Crippen molar-refractivity contribution in [2.45, 2.75) is 38.5 Å². The number of nitrogens with one attached hydrogen (secondary N) is 1. The predicted octanol–water partition coefficient (Wildman–Crippen LogP) is 5.43. The number of pyridine rings is 1. The quantitative estimate of drug-likeness (QED) is 0.437. The summed E-state index contributed by atoms with van der Waals surface area (Å²) in [4.78, 5) is 8.84. The number of halogens is 3. The van der Waals surface area contributed by atoms with Crippen LogP contribution in [0.5, 0.6) is 0 Å². The van der Waals surface area contributed by atoms with Gasteiger partial charge in [0.1, 0.15) is 0 Å². The zero-order valence-electron chi connectivity index (χ0n) is 20.3. The third-order valence-corrected chi connectivity index (χ3v) is 6.79. The second kappa shape index (κ2) is 9.99. The summed E-state index contributed by atoms with van der Waals surface area (Å²) < 4.78 is 43.2. The summed E-state index contributed by atoms with van der Waals surface area (Å²) in [6.07, 6.45) is -1.81. The molecule has 0 aliphatic carbocycles. The lowest BCUT2D eigenvalue weighted by molar-refractivity contribution is -0.137. The first-order chi connectivity index (χ1) is 16.6. The van der Waals surface area contributed by atoms with Crippen molar-refractivity contribution in [1.82, 2.24) is 24.7 Å². The van der Waals surface area contributed by atoms with E-state index in [0.29, 0.717) is 5.11 Å². The van der Waals surface area contributed by atoms with E-state index in [2.05, 4.69) is 20.1 Å². The molecule has 1 saturated heterocycles. The molecule has 1 fully saturated rings. The van der Waals surface area contributed by atoms with Gasteiger partial charge in [-0.3, -0.25) is 4.98 Å². The minimum atomic E-state index is -4.45. The van der Waals surface area contributed by atoms with Crippen molar-refractivity contribution < 1.29 is 13.2 Å². The van der Waals surface area contributed by atoms with E-state index in [9.17, 15) is 13.2 Å². The van der Waals surface area contributed by atoms with Crippen molar-refractivity contribution in [2.75, 3.05) is 27.2 Å². The maximum Gasteiger partial charge on any atom is 0.418 e. The molecule has 0 saturated carbocycles. The van der Waals surface area contributed by atoms with Gasteiger partial charge in [-0.15, -0.1) is 0 Å². The number of para-hydroxylation sites is 1. The smallest absolute Gasteiger partial charge is 0.352 e. The molecule has 0 radical (unpaired) electrons. The number of thiocarbonyl (C=S) groups is 1. The number of hydrogen-bond acceptors (Lipinski definition) is 3. The molecule has 2 aromatic heterocycles. The molecule has 0 bridgehead atoms. The van der Waals surface area contributed by atoms with E-state index < -0.39 is 11.7 Å². The zero-order chi connectivity index (χ0) is 25.3. The summed E-state index contributed by atoms with van der Waals surface area (Å²) in [7, 11) is 4.06. The number of alkyl halides is 3. The highest BCUT2D eigenvalue weighted by molar-refractivity contribution is 7.80. The van der Waals surface area contributed by atoms with Crippen molar-refractivity contribution >= 4 is 17.3 Å². The van der Waals surface area contributed by atoms with Gasteiger partial charge in [-0.25, -0.2) is 0 Å². The van der Waals surface area contributed by atoms with Crippen LogP contribution in [0.15, 0.2) is 54.7 Å². The number of nitrogens with zero attached hydrogens (tertiary/aromatic N) is 4. The van der Waals surface area contributed by atoms with Crippen LogP contribution in [0.3, 0.4) is 0 Å². The fourth-order valence-electron chi connectivity index (χ4n) is 4.91. The number of benzene rings is 1. The second-order valence-electron chi connectivity index (χ2n) is 9.15.